The molecule has 0 amide bonds. The minimum Gasteiger partial charge on any atom is -0.465 e. The molecule has 19 heavy (non-hydrogen) atoms. The van der Waals surface area contributed by atoms with Gasteiger partial charge in [0.2, 0.25) is 0 Å². The van der Waals surface area contributed by atoms with Crippen LogP contribution in [-0.4, -0.2) is 31.6 Å². The number of hydrogen-bond acceptors (Lipinski definition) is 5. The molecule has 0 aliphatic carbocycles. The second-order valence-corrected chi connectivity index (χ2v) is 5.56. The Kier molecular flexibility index (Phi) is 5.46. The zero-order chi connectivity index (χ0) is 14.5. The smallest absolute Gasteiger partial charge is 0.323 e. The van der Waals surface area contributed by atoms with Crippen LogP contribution in [0.2, 0.25) is 0 Å². The monoisotopic (exact) mass is 287 g/mol. The molecule has 0 saturated carbocycles. The van der Waals surface area contributed by atoms with Crippen molar-refractivity contribution >= 4 is 16.1 Å². The van der Waals surface area contributed by atoms with Crippen molar-refractivity contribution in [1.29, 1.82) is 0 Å². The maximum Gasteiger partial charge on any atom is 0.323 e. The van der Waals surface area contributed by atoms with Gasteiger partial charge in [-0.3, -0.25) is 9.35 Å². The molecule has 6 nitrogen and oxygen atoms in total. The SMILES string of the molecule is CCOC(=O)C(N)Cc1ccc(CS(=O)(=O)O)cc1. The van der Waals surface area contributed by atoms with Gasteiger partial charge in [0.05, 0.1) is 6.61 Å². The fourth-order valence-corrected chi connectivity index (χ4v) is 2.18. The lowest BCUT2D eigenvalue weighted by molar-refractivity contribution is -0.144. The average molecular weight is 287 g/mol. The molecule has 7 heteroatoms. The zero-order valence-corrected chi connectivity index (χ0v) is 11.4. The summed E-state index contributed by atoms with van der Waals surface area (Å²) in [6, 6.07) is 5.73. The molecule has 0 aliphatic rings. The van der Waals surface area contributed by atoms with E-state index in [1.165, 1.54) is 0 Å². The molecule has 1 aromatic carbocycles. The van der Waals surface area contributed by atoms with Gasteiger partial charge in [0, 0.05) is 0 Å². The van der Waals surface area contributed by atoms with Gasteiger partial charge in [0.15, 0.2) is 0 Å². The summed E-state index contributed by atoms with van der Waals surface area (Å²) in [6.07, 6.45) is 0.311. The van der Waals surface area contributed by atoms with Crippen LogP contribution in [0.3, 0.4) is 0 Å². The van der Waals surface area contributed by atoms with Gasteiger partial charge in [0.25, 0.3) is 10.1 Å². The van der Waals surface area contributed by atoms with Gasteiger partial charge in [-0.05, 0) is 24.5 Å². The number of rotatable bonds is 6. The summed E-state index contributed by atoms with van der Waals surface area (Å²) in [5.41, 5.74) is 6.92. The highest BCUT2D eigenvalue weighted by atomic mass is 32.2. The van der Waals surface area contributed by atoms with E-state index in [1.54, 1.807) is 31.2 Å². The molecule has 0 bridgehead atoms. The van der Waals surface area contributed by atoms with Crippen LogP contribution in [0.4, 0.5) is 0 Å². The fraction of sp³-hybridized carbons (Fsp3) is 0.417. The van der Waals surface area contributed by atoms with Gasteiger partial charge in [-0.25, -0.2) is 0 Å². The van der Waals surface area contributed by atoms with E-state index < -0.39 is 27.9 Å². The van der Waals surface area contributed by atoms with Crippen molar-refractivity contribution in [1.82, 2.24) is 0 Å². The van der Waals surface area contributed by atoms with Gasteiger partial charge in [-0.1, -0.05) is 24.3 Å². The standard InChI is InChI=1S/C12H17NO5S/c1-2-18-12(14)11(13)7-9-3-5-10(6-4-9)8-19(15,16)17/h3-6,11H,2,7-8,13H2,1H3,(H,15,16,17). The average Bonchev–Trinajstić information content (AvgIpc) is 2.30. The summed E-state index contributed by atoms with van der Waals surface area (Å²) in [7, 11) is -4.03. The predicted molar refractivity (Wildman–Crippen MR) is 70.0 cm³/mol. The Bertz CT molecular complexity index is 524. The van der Waals surface area contributed by atoms with E-state index in [9.17, 15) is 13.2 Å². The van der Waals surface area contributed by atoms with E-state index >= 15 is 0 Å². The molecule has 1 atom stereocenters. The summed E-state index contributed by atoms with van der Waals surface area (Å²) >= 11 is 0. The lowest BCUT2D eigenvalue weighted by Crippen LogP contribution is -2.34. The highest BCUT2D eigenvalue weighted by Gasteiger charge is 2.15. The molecule has 1 unspecified atom stereocenters. The Hall–Kier alpha value is -1.44. The molecule has 0 aliphatic heterocycles. The second kappa shape index (κ2) is 6.65. The number of hydrogen-bond donors (Lipinski definition) is 2. The van der Waals surface area contributed by atoms with Crippen LogP contribution < -0.4 is 5.73 Å². The van der Waals surface area contributed by atoms with Crippen LogP contribution in [0.5, 0.6) is 0 Å². The molecule has 0 fully saturated rings. The third kappa shape index (κ3) is 5.82. The number of carbonyl (C=O) groups is 1. The van der Waals surface area contributed by atoms with E-state index in [0.29, 0.717) is 12.0 Å². The molecule has 0 radical (unpaired) electrons. The predicted octanol–water partition coefficient (Wildman–Crippen LogP) is 0.507. The van der Waals surface area contributed by atoms with E-state index in [-0.39, 0.29) is 6.61 Å². The molecular formula is C12H17NO5S. The molecule has 0 heterocycles. The van der Waals surface area contributed by atoms with Crippen LogP contribution in [0.1, 0.15) is 18.1 Å². The Labute approximate surface area is 112 Å². The number of benzene rings is 1. The molecule has 1 aromatic rings. The summed E-state index contributed by atoms with van der Waals surface area (Å²) in [6.45, 7) is 1.98. The topological polar surface area (TPSA) is 107 Å². The Morgan fingerprint density at radius 2 is 1.84 bits per heavy atom. The van der Waals surface area contributed by atoms with Crippen LogP contribution in [0.15, 0.2) is 24.3 Å². The molecule has 0 saturated heterocycles. The first-order chi connectivity index (χ1) is 8.81. The van der Waals surface area contributed by atoms with Crippen molar-refractivity contribution in [2.45, 2.75) is 25.1 Å². The van der Waals surface area contributed by atoms with Crippen molar-refractivity contribution < 1.29 is 22.5 Å². The van der Waals surface area contributed by atoms with E-state index in [0.717, 1.165) is 5.56 Å². The summed E-state index contributed by atoms with van der Waals surface area (Å²) in [5.74, 6) is -0.901. The van der Waals surface area contributed by atoms with Gasteiger partial charge < -0.3 is 10.5 Å². The van der Waals surface area contributed by atoms with Crippen molar-refractivity contribution in [3.63, 3.8) is 0 Å². The molecule has 0 aromatic heterocycles. The molecule has 3 N–H and O–H groups in total. The molecule has 0 spiro atoms. The van der Waals surface area contributed by atoms with Gasteiger partial charge in [-0.2, -0.15) is 8.42 Å². The van der Waals surface area contributed by atoms with Crippen LogP contribution in [0, 0.1) is 0 Å². The number of ether oxygens (including phenoxy) is 1. The first-order valence-electron chi connectivity index (χ1n) is 5.77. The first-order valence-corrected chi connectivity index (χ1v) is 7.38. The fourth-order valence-electron chi connectivity index (χ4n) is 1.57. The van der Waals surface area contributed by atoms with Crippen molar-refractivity contribution in [2.24, 2.45) is 5.73 Å². The second-order valence-electron chi connectivity index (χ2n) is 4.11. The maximum atomic E-state index is 11.3. The molecule has 106 valence electrons. The summed E-state index contributed by atoms with van der Waals surface area (Å²) in [5, 5.41) is 0. The number of esters is 1. The highest BCUT2D eigenvalue weighted by molar-refractivity contribution is 7.85. The Morgan fingerprint density at radius 1 is 1.32 bits per heavy atom. The highest BCUT2D eigenvalue weighted by Crippen LogP contribution is 2.09. The van der Waals surface area contributed by atoms with Crippen LogP contribution in [-0.2, 0) is 31.8 Å². The molecular weight excluding hydrogens is 270 g/mol. The lowest BCUT2D eigenvalue weighted by Gasteiger charge is -2.10. The van der Waals surface area contributed by atoms with E-state index in [2.05, 4.69) is 0 Å². The minimum atomic E-state index is -4.03. The lowest BCUT2D eigenvalue weighted by atomic mass is 10.1. The summed E-state index contributed by atoms with van der Waals surface area (Å²) in [4.78, 5) is 11.3. The largest absolute Gasteiger partial charge is 0.465 e. The van der Waals surface area contributed by atoms with Crippen molar-refractivity contribution in [2.75, 3.05) is 6.61 Å². The Morgan fingerprint density at radius 3 is 2.32 bits per heavy atom. The Balaban J connectivity index is 2.64. The number of carbonyl (C=O) groups excluding carboxylic acids is 1. The van der Waals surface area contributed by atoms with Crippen LogP contribution >= 0.6 is 0 Å². The van der Waals surface area contributed by atoms with Gasteiger partial charge in [0.1, 0.15) is 11.8 Å². The summed E-state index contributed by atoms with van der Waals surface area (Å²) < 4.78 is 34.9. The third-order valence-electron chi connectivity index (χ3n) is 2.42. The van der Waals surface area contributed by atoms with E-state index in [4.69, 9.17) is 15.0 Å². The first kappa shape index (κ1) is 15.6. The zero-order valence-electron chi connectivity index (χ0n) is 10.6. The van der Waals surface area contributed by atoms with Crippen LogP contribution in [0.25, 0.3) is 0 Å². The molecule has 1 rings (SSSR count). The van der Waals surface area contributed by atoms with Crippen molar-refractivity contribution in [3.05, 3.63) is 35.4 Å². The van der Waals surface area contributed by atoms with Gasteiger partial charge in [-0.15, -0.1) is 0 Å². The van der Waals surface area contributed by atoms with Gasteiger partial charge >= 0.3 is 5.97 Å². The minimum absolute atomic E-state index is 0.278. The van der Waals surface area contributed by atoms with Crippen molar-refractivity contribution in [3.8, 4) is 0 Å². The third-order valence-corrected chi connectivity index (χ3v) is 3.12. The normalized spacial score (nSPS) is 13.0. The number of nitrogens with two attached hydrogens (primary N) is 1. The van der Waals surface area contributed by atoms with E-state index in [1.807, 2.05) is 0 Å². The maximum absolute atomic E-state index is 11.3. The quantitative estimate of drug-likeness (QED) is 0.583.